The van der Waals surface area contributed by atoms with Gasteiger partial charge in [-0.05, 0) is 32.4 Å². The molecular weight excluding hydrogens is 308 g/mol. The van der Waals surface area contributed by atoms with Gasteiger partial charge in [0, 0.05) is 13.1 Å². The Balaban J connectivity index is 1.67. The topological polar surface area (TPSA) is 59.8 Å². The molecule has 0 aliphatic heterocycles. The molecule has 3 aromatic rings. The lowest BCUT2D eigenvalue weighted by Gasteiger charge is -2.08. The van der Waals surface area contributed by atoms with Gasteiger partial charge in [0.25, 0.3) is 5.91 Å². The number of hydrogen-bond acceptors (Lipinski definition) is 4. The number of hydrogen-bond donors (Lipinski definition) is 1. The molecule has 1 aromatic carbocycles. The highest BCUT2D eigenvalue weighted by Gasteiger charge is 2.14. The minimum absolute atomic E-state index is 0.0400. The molecule has 3 rings (SSSR count). The van der Waals surface area contributed by atoms with Crippen LogP contribution in [0.3, 0.4) is 0 Å². The number of para-hydroxylation sites is 2. The Morgan fingerprint density at radius 1 is 1.26 bits per heavy atom. The maximum atomic E-state index is 12.3. The summed E-state index contributed by atoms with van der Waals surface area (Å²) in [6.45, 7) is 7.20. The van der Waals surface area contributed by atoms with Gasteiger partial charge >= 0.3 is 0 Å². The maximum absolute atomic E-state index is 12.3. The van der Waals surface area contributed by atoms with Crippen LogP contribution in [-0.4, -0.2) is 27.0 Å². The van der Waals surface area contributed by atoms with Crippen molar-refractivity contribution in [3.05, 3.63) is 45.7 Å². The highest BCUT2D eigenvalue weighted by molar-refractivity contribution is 7.13. The molecule has 120 valence electrons. The van der Waals surface area contributed by atoms with Crippen LogP contribution in [0.2, 0.25) is 0 Å². The van der Waals surface area contributed by atoms with E-state index in [0.29, 0.717) is 18.0 Å². The molecule has 2 aromatic heterocycles. The van der Waals surface area contributed by atoms with Gasteiger partial charge in [-0.2, -0.15) is 0 Å². The first-order chi connectivity index (χ1) is 11.1. The quantitative estimate of drug-likeness (QED) is 0.783. The molecule has 0 saturated carbocycles. The van der Waals surface area contributed by atoms with Crippen molar-refractivity contribution < 1.29 is 4.79 Å². The van der Waals surface area contributed by atoms with E-state index in [1.165, 1.54) is 11.3 Å². The first-order valence-corrected chi connectivity index (χ1v) is 8.58. The molecule has 23 heavy (non-hydrogen) atoms. The van der Waals surface area contributed by atoms with Crippen molar-refractivity contribution in [2.45, 2.75) is 33.7 Å². The number of carbonyl (C=O) groups excluding carboxylic acids is 1. The van der Waals surface area contributed by atoms with Crippen molar-refractivity contribution in [2.75, 3.05) is 6.54 Å². The molecular formula is C17H20N4OS. The van der Waals surface area contributed by atoms with Gasteiger partial charge in [0.1, 0.15) is 10.7 Å². The maximum Gasteiger partial charge on any atom is 0.263 e. The van der Waals surface area contributed by atoms with Crippen LogP contribution in [0.1, 0.15) is 33.1 Å². The van der Waals surface area contributed by atoms with Crippen LogP contribution < -0.4 is 5.32 Å². The van der Waals surface area contributed by atoms with Crippen molar-refractivity contribution in [3.8, 4) is 0 Å². The average Bonchev–Trinajstić information content (AvgIpc) is 3.07. The Hall–Kier alpha value is -2.21. The van der Waals surface area contributed by atoms with E-state index in [-0.39, 0.29) is 5.91 Å². The zero-order valence-corrected chi connectivity index (χ0v) is 14.4. The number of nitrogens with zero attached hydrogens (tertiary/aromatic N) is 3. The lowest BCUT2D eigenvalue weighted by Crippen LogP contribution is -2.27. The molecule has 0 spiro atoms. The number of nitrogens with one attached hydrogen (secondary N) is 1. The number of fused-ring (bicyclic) bond motifs is 1. The van der Waals surface area contributed by atoms with Gasteiger partial charge in [-0.3, -0.25) is 4.79 Å². The van der Waals surface area contributed by atoms with Crippen molar-refractivity contribution in [1.29, 1.82) is 0 Å². The van der Waals surface area contributed by atoms with E-state index in [2.05, 4.69) is 25.9 Å². The zero-order valence-electron chi connectivity index (χ0n) is 13.6. The summed E-state index contributed by atoms with van der Waals surface area (Å²) in [4.78, 5) is 22.0. The highest BCUT2D eigenvalue weighted by atomic mass is 32.1. The summed E-state index contributed by atoms with van der Waals surface area (Å²) in [5.41, 5.74) is 2.90. The van der Waals surface area contributed by atoms with Crippen molar-refractivity contribution in [3.63, 3.8) is 0 Å². The first-order valence-electron chi connectivity index (χ1n) is 7.76. The third kappa shape index (κ3) is 3.12. The third-order valence-corrected chi connectivity index (χ3v) is 5.12. The summed E-state index contributed by atoms with van der Waals surface area (Å²) in [5.74, 6) is 0.921. The molecule has 0 saturated heterocycles. The summed E-state index contributed by atoms with van der Waals surface area (Å²) < 4.78 is 2.13. The van der Waals surface area contributed by atoms with Crippen LogP contribution in [0.5, 0.6) is 0 Å². The Kier molecular flexibility index (Phi) is 4.43. The largest absolute Gasteiger partial charge is 0.349 e. The summed E-state index contributed by atoms with van der Waals surface area (Å²) in [5, 5.41) is 3.99. The Morgan fingerprint density at radius 3 is 2.78 bits per heavy atom. The molecule has 2 heterocycles. The molecule has 0 aliphatic rings. The van der Waals surface area contributed by atoms with Gasteiger partial charge in [0.15, 0.2) is 0 Å². The van der Waals surface area contributed by atoms with Crippen LogP contribution in [-0.2, 0) is 13.0 Å². The van der Waals surface area contributed by atoms with Crippen LogP contribution in [0.4, 0.5) is 0 Å². The minimum atomic E-state index is -0.0400. The van der Waals surface area contributed by atoms with Gasteiger partial charge in [0.05, 0.1) is 21.7 Å². The van der Waals surface area contributed by atoms with Crippen LogP contribution in [0.25, 0.3) is 11.0 Å². The second kappa shape index (κ2) is 6.50. The Labute approximate surface area is 139 Å². The smallest absolute Gasteiger partial charge is 0.263 e. The molecule has 0 aliphatic carbocycles. The summed E-state index contributed by atoms with van der Waals surface area (Å²) in [7, 11) is 0. The van der Waals surface area contributed by atoms with Gasteiger partial charge in [0.2, 0.25) is 0 Å². The van der Waals surface area contributed by atoms with Gasteiger partial charge in [-0.1, -0.05) is 19.1 Å². The second-order valence-electron chi connectivity index (χ2n) is 5.43. The predicted octanol–water partition coefficient (Wildman–Crippen LogP) is 3.10. The summed E-state index contributed by atoms with van der Waals surface area (Å²) in [6, 6.07) is 8.05. The number of imidazole rings is 1. The van der Waals surface area contributed by atoms with E-state index in [1.54, 1.807) is 0 Å². The van der Waals surface area contributed by atoms with Crippen LogP contribution in [0.15, 0.2) is 24.3 Å². The lowest BCUT2D eigenvalue weighted by molar-refractivity contribution is 0.0955. The molecule has 5 nitrogen and oxygen atoms in total. The fraction of sp³-hybridized carbons (Fsp3) is 0.353. The average molecular weight is 328 g/mol. The van der Waals surface area contributed by atoms with Gasteiger partial charge in [-0.25, -0.2) is 9.97 Å². The number of aryl methyl sites for hydroxylation is 3. The monoisotopic (exact) mass is 328 g/mol. The van der Waals surface area contributed by atoms with E-state index < -0.39 is 0 Å². The van der Waals surface area contributed by atoms with Gasteiger partial charge in [-0.15, -0.1) is 11.3 Å². The summed E-state index contributed by atoms with van der Waals surface area (Å²) in [6.07, 6.45) is 0.860. The first kappa shape index (κ1) is 15.7. The second-order valence-corrected chi connectivity index (χ2v) is 6.51. The van der Waals surface area contributed by atoms with E-state index in [0.717, 1.165) is 34.0 Å². The van der Waals surface area contributed by atoms with Crippen molar-refractivity contribution in [2.24, 2.45) is 0 Å². The fourth-order valence-electron chi connectivity index (χ4n) is 2.65. The van der Waals surface area contributed by atoms with Crippen molar-refractivity contribution >= 4 is 28.3 Å². The van der Waals surface area contributed by atoms with E-state index in [9.17, 15) is 4.79 Å². The number of benzene rings is 1. The molecule has 0 atom stereocenters. The van der Waals surface area contributed by atoms with Crippen LogP contribution in [0, 0.1) is 13.8 Å². The molecule has 1 N–H and O–H groups in total. The van der Waals surface area contributed by atoms with E-state index >= 15 is 0 Å². The van der Waals surface area contributed by atoms with E-state index in [4.69, 9.17) is 0 Å². The number of aromatic nitrogens is 3. The van der Waals surface area contributed by atoms with Gasteiger partial charge < -0.3 is 9.88 Å². The fourth-order valence-corrected chi connectivity index (χ4v) is 3.57. The Bertz CT molecular complexity index is 850. The number of thiazole rings is 1. The Morgan fingerprint density at radius 2 is 2.04 bits per heavy atom. The molecule has 6 heteroatoms. The SMILES string of the molecule is CCc1nc(C)c(C(=O)NCCn2c(C)nc3ccccc32)s1. The standard InChI is InChI=1S/C17H20N4OS/c1-4-15-19-11(2)16(23-15)17(22)18-9-10-21-12(3)20-13-7-5-6-8-14(13)21/h5-8H,4,9-10H2,1-3H3,(H,18,22). The third-order valence-electron chi connectivity index (χ3n) is 3.82. The summed E-state index contributed by atoms with van der Waals surface area (Å²) >= 11 is 1.48. The number of carbonyl (C=O) groups is 1. The molecule has 0 radical (unpaired) electrons. The minimum Gasteiger partial charge on any atom is -0.349 e. The highest BCUT2D eigenvalue weighted by Crippen LogP contribution is 2.18. The van der Waals surface area contributed by atoms with Crippen molar-refractivity contribution in [1.82, 2.24) is 19.9 Å². The molecule has 1 amide bonds. The molecule has 0 unspecified atom stereocenters. The van der Waals surface area contributed by atoms with E-state index in [1.807, 2.05) is 39.0 Å². The number of rotatable bonds is 5. The zero-order chi connectivity index (χ0) is 16.4. The molecule has 0 bridgehead atoms. The van der Waals surface area contributed by atoms with Crippen LogP contribution >= 0.6 is 11.3 Å². The normalized spacial score (nSPS) is 11.1. The predicted molar refractivity (Wildman–Crippen MR) is 93.0 cm³/mol. The lowest BCUT2D eigenvalue weighted by atomic mass is 10.3. The number of amides is 1. The molecule has 0 fully saturated rings.